The summed E-state index contributed by atoms with van der Waals surface area (Å²) in [6.07, 6.45) is -2.82. The van der Waals surface area contributed by atoms with Crippen LogP contribution in [0, 0.1) is 0 Å². The number of hydrogen-bond donors (Lipinski definition) is 1. The maximum atomic E-state index is 10.3. The minimum absolute atomic E-state index is 0.454. The van der Waals surface area contributed by atoms with E-state index in [1.807, 2.05) is 0 Å². The minimum Gasteiger partial charge on any atom is -0.497 e. The molecule has 10 heteroatoms. The van der Waals surface area contributed by atoms with Gasteiger partial charge in [-0.2, -0.15) is 0 Å². The fourth-order valence-electron chi connectivity index (χ4n) is 2.30. The number of benzene rings is 1. The van der Waals surface area contributed by atoms with Gasteiger partial charge in [0.1, 0.15) is 17.5 Å². The highest BCUT2D eigenvalue weighted by Crippen LogP contribution is 2.28. The number of aliphatic hydroxyl groups is 1. The highest BCUT2D eigenvalue weighted by molar-refractivity contribution is 5.31. The zero-order chi connectivity index (χ0) is 16.8. The average molecular weight is 320 g/mol. The van der Waals surface area contributed by atoms with Crippen molar-refractivity contribution in [1.29, 1.82) is 0 Å². The number of methoxy groups -OCH3 is 1. The standard InChI is InChI=1S/C13H16N6O4/c1-7-10(16-18-14)12(20)11(17-19-15)13(22-7)23-9-5-3-8(21-2)4-6-9/h3-7,10-13,20H,1-2H3/t7-,10-,11+,12+,13-/m1/s1. The fourth-order valence-corrected chi connectivity index (χ4v) is 2.30. The van der Waals surface area contributed by atoms with Crippen molar-refractivity contribution >= 4 is 0 Å². The van der Waals surface area contributed by atoms with Crippen molar-refractivity contribution in [2.75, 3.05) is 7.11 Å². The molecule has 0 saturated carbocycles. The number of nitrogens with zero attached hydrogens (tertiary/aromatic N) is 6. The molecule has 0 amide bonds. The van der Waals surface area contributed by atoms with E-state index in [0.29, 0.717) is 11.5 Å². The van der Waals surface area contributed by atoms with Gasteiger partial charge in [0.25, 0.3) is 0 Å². The van der Waals surface area contributed by atoms with E-state index in [9.17, 15) is 5.11 Å². The Balaban J connectivity index is 2.21. The molecular formula is C13H16N6O4. The molecular weight excluding hydrogens is 304 g/mol. The SMILES string of the molecule is COc1ccc(O[C@H]2O[C@H](C)[C@@H](N=[N+]=[N-])[C@H](O)[C@@H]2N=[N+]=[N-])cc1. The molecule has 2 rings (SSSR count). The molecule has 1 fully saturated rings. The molecule has 0 unspecified atom stereocenters. The second-order valence-electron chi connectivity index (χ2n) is 4.88. The van der Waals surface area contributed by atoms with Gasteiger partial charge in [0.15, 0.2) is 0 Å². The van der Waals surface area contributed by atoms with Crippen LogP contribution in [0.25, 0.3) is 20.9 Å². The number of aliphatic hydroxyl groups excluding tert-OH is 1. The molecule has 1 aromatic carbocycles. The molecule has 0 radical (unpaired) electrons. The maximum Gasteiger partial charge on any atom is 0.211 e. The largest absolute Gasteiger partial charge is 0.497 e. The van der Waals surface area contributed by atoms with E-state index in [0.717, 1.165) is 0 Å². The molecule has 10 nitrogen and oxygen atoms in total. The monoisotopic (exact) mass is 320 g/mol. The van der Waals surface area contributed by atoms with E-state index in [1.165, 1.54) is 0 Å². The fraction of sp³-hybridized carbons (Fsp3) is 0.538. The predicted octanol–water partition coefficient (Wildman–Crippen LogP) is 2.54. The van der Waals surface area contributed by atoms with Gasteiger partial charge in [0, 0.05) is 9.82 Å². The van der Waals surface area contributed by atoms with Crippen LogP contribution in [0.1, 0.15) is 6.92 Å². The first kappa shape index (κ1) is 16.7. The number of hydrogen-bond acceptors (Lipinski definition) is 6. The molecule has 0 bridgehead atoms. The third kappa shape index (κ3) is 3.77. The van der Waals surface area contributed by atoms with Gasteiger partial charge in [-0.15, -0.1) is 0 Å². The number of rotatable bonds is 5. The summed E-state index contributed by atoms with van der Waals surface area (Å²) in [6, 6.07) is 4.80. The summed E-state index contributed by atoms with van der Waals surface area (Å²) in [7, 11) is 1.55. The number of ether oxygens (including phenoxy) is 3. The van der Waals surface area contributed by atoms with Crippen molar-refractivity contribution in [2.24, 2.45) is 10.2 Å². The molecule has 1 aromatic rings. The van der Waals surface area contributed by atoms with Gasteiger partial charge in [-0.3, -0.25) is 0 Å². The van der Waals surface area contributed by atoms with Crippen molar-refractivity contribution in [2.45, 2.75) is 37.5 Å². The maximum absolute atomic E-state index is 10.3. The third-order valence-corrected chi connectivity index (χ3v) is 3.49. The van der Waals surface area contributed by atoms with E-state index in [4.69, 9.17) is 25.3 Å². The van der Waals surface area contributed by atoms with Crippen molar-refractivity contribution in [3.63, 3.8) is 0 Å². The Morgan fingerprint density at radius 3 is 2.22 bits per heavy atom. The summed E-state index contributed by atoms with van der Waals surface area (Å²) >= 11 is 0. The quantitative estimate of drug-likeness (QED) is 0.504. The topological polar surface area (TPSA) is 145 Å². The molecule has 23 heavy (non-hydrogen) atoms. The lowest BCUT2D eigenvalue weighted by Crippen LogP contribution is -2.56. The Hall–Kier alpha value is -2.64. The van der Waals surface area contributed by atoms with Crippen LogP contribution in [-0.2, 0) is 4.74 Å². The minimum atomic E-state index is -1.21. The van der Waals surface area contributed by atoms with E-state index >= 15 is 0 Å². The van der Waals surface area contributed by atoms with Crippen LogP contribution in [-0.4, -0.2) is 42.8 Å². The molecule has 0 aliphatic carbocycles. The molecule has 122 valence electrons. The van der Waals surface area contributed by atoms with E-state index in [2.05, 4.69) is 20.1 Å². The van der Waals surface area contributed by atoms with Gasteiger partial charge >= 0.3 is 0 Å². The molecule has 1 aliphatic heterocycles. The molecule has 0 spiro atoms. The van der Waals surface area contributed by atoms with Crippen molar-refractivity contribution in [3.05, 3.63) is 45.2 Å². The zero-order valence-corrected chi connectivity index (χ0v) is 12.6. The van der Waals surface area contributed by atoms with Gasteiger partial charge in [-0.1, -0.05) is 10.2 Å². The third-order valence-electron chi connectivity index (χ3n) is 3.49. The van der Waals surface area contributed by atoms with Gasteiger partial charge in [0.2, 0.25) is 6.29 Å². The Morgan fingerprint density at radius 2 is 1.65 bits per heavy atom. The van der Waals surface area contributed by atoms with Crippen molar-refractivity contribution in [1.82, 2.24) is 0 Å². The zero-order valence-electron chi connectivity index (χ0n) is 12.6. The van der Waals surface area contributed by atoms with Gasteiger partial charge < -0.3 is 19.3 Å². The van der Waals surface area contributed by atoms with Crippen molar-refractivity contribution in [3.8, 4) is 11.5 Å². The summed E-state index contributed by atoms with van der Waals surface area (Å²) in [4.78, 5) is 5.38. The molecule has 1 aliphatic rings. The lowest BCUT2D eigenvalue weighted by molar-refractivity contribution is -0.189. The normalized spacial score (nSPS) is 29.8. The van der Waals surface area contributed by atoms with Gasteiger partial charge in [-0.05, 0) is 42.3 Å². The summed E-state index contributed by atoms with van der Waals surface area (Å²) in [6.45, 7) is 1.64. The van der Waals surface area contributed by atoms with Crippen LogP contribution >= 0.6 is 0 Å². The first-order valence-electron chi connectivity index (χ1n) is 6.83. The molecule has 1 N–H and O–H groups in total. The summed E-state index contributed by atoms with van der Waals surface area (Å²) < 4.78 is 16.3. The van der Waals surface area contributed by atoms with Crippen LogP contribution in [0.15, 0.2) is 34.5 Å². The van der Waals surface area contributed by atoms with Gasteiger partial charge in [0.05, 0.1) is 25.4 Å². The van der Waals surface area contributed by atoms with Crippen LogP contribution in [0.3, 0.4) is 0 Å². The molecule has 0 aromatic heterocycles. The Labute approximate surface area is 131 Å². The smallest absolute Gasteiger partial charge is 0.211 e. The van der Waals surface area contributed by atoms with Crippen molar-refractivity contribution < 1.29 is 19.3 Å². The average Bonchev–Trinajstić information content (AvgIpc) is 2.56. The lowest BCUT2D eigenvalue weighted by atomic mass is 9.96. The summed E-state index contributed by atoms with van der Waals surface area (Å²) in [5.41, 5.74) is 17.3. The highest BCUT2D eigenvalue weighted by atomic mass is 16.7. The predicted molar refractivity (Wildman–Crippen MR) is 79.8 cm³/mol. The molecule has 5 atom stereocenters. The first-order chi connectivity index (χ1) is 11.1. The Kier molecular flexibility index (Phi) is 5.51. The lowest BCUT2D eigenvalue weighted by Gasteiger charge is -2.39. The molecule has 1 saturated heterocycles. The second-order valence-corrected chi connectivity index (χ2v) is 4.88. The first-order valence-corrected chi connectivity index (χ1v) is 6.83. The second kappa shape index (κ2) is 7.57. The van der Waals surface area contributed by atoms with Gasteiger partial charge in [-0.25, -0.2) is 0 Å². The van der Waals surface area contributed by atoms with Crippen LogP contribution in [0.2, 0.25) is 0 Å². The molecule has 1 heterocycles. The Bertz CT molecular complexity index is 626. The van der Waals surface area contributed by atoms with E-state index in [1.54, 1.807) is 38.3 Å². The summed E-state index contributed by atoms with van der Waals surface area (Å²) in [5, 5.41) is 17.3. The van der Waals surface area contributed by atoms with E-state index in [-0.39, 0.29) is 0 Å². The Morgan fingerprint density at radius 1 is 1.09 bits per heavy atom. The highest BCUT2D eigenvalue weighted by Gasteiger charge is 2.44. The van der Waals surface area contributed by atoms with E-state index < -0.39 is 30.6 Å². The summed E-state index contributed by atoms with van der Waals surface area (Å²) in [5.74, 6) is 1.11. The number of azide groups is 2. The van der Waals surface area contributed by atoms with Crippen LogP contribution in [0.5, 0.6) is 11.5 Å². The van der Waals surface area contributed by atoms with Crippen LogP contribution in [0.4, 0.5) is 0 Å². The van der Waals surface area contributed by atoms with Crippen LogP contribution < -0.4 is 9.47 Å².